The fraction of sp³-hybridized carbons (Fsp3) is 0.118. The van der Waals surface area contributed by atoms with Gasteiger partial charge in [-0.3, -0.25) is 4.79 Å². The highest BCUT2D eigenvalue weighted by Crippen LogP contribution is 2.20. The van der Waals surface area contributed by atoms with Crippen LogP contribution in [0.2, 0.25) is 0 Å². The fourth-order valence-corrected chi connectivity index (χ4v) is 2.28. The Labute approximate surface area is 137 Å². The highest BCUT2D eigenvalue weighted by Gasteiger charge is 2.08. The molecule has 0 saturated heterocycles. The van der Waals surface area contributed by atoms with Gasteiger partial charge in [0.15, 0.2) is 0 Å². The number of ether oxygens (including phenoxy) is 1. The summed E-state index contributed by atoms with van der Waals surface area (Å²) in [7, 11) is 1.36. The molecule has 7 nitrogen and oxygen atoms in total. The summed E-state index contributed by atoms with van der Waals surface area (Å²) < 4.78 is 4.63. The molecule has 0 atom stereocenters. The number of esters is 1. The normalized spacial score (nSPS) is 10.5. The van der Waals surface area contributed by atoms with E-state index in [-0.39, 0.29) is 18.0 Å². The van der Waals surface area contributed by atoms with Gasteiger partial charge >= 0.3 is 11.9 Å². The molecule has 1 aromatic heterocycles. The molecule has 0 radical (unpaired) electrons. The van der Waals surface area contributed by atoms with E-state index < -0.39 is 5.97 Å². The van der Waals surface area contributed by atoms with Crippen molar-refractivity contribution in [2.24, 2.45) is 0 Å². The first kappa shape index (κ1) is 15.5. The van der Waals surface area contributed by atoms with Crippen LogP contribution in [0.5, 0.6) is 0 Å². The van der Waals surface area contributed by atoms with Crippen molar-refractivity contribution in [3.63, 3.8) is 0 Å². The summed E-state index contributed by atoms with van der Waals surface area (Å²) in [4.78, 5) is 29.6. The van der Waals surface area contributed by atoms with Crippen LogP contribution in [-0.4, -0.2) is 34.1 Å². The molecule has 3 rings (SSSR count). The lowest BCUT2D eigenvalue weighted by molar-refractivity contribution is -0.139. The van der Waals surface area contributed by atoms with Crippen LogP contribution < -0.4 is 5.32 Å². The topological polar surface area (TPSA) is 104 Å². The van der Waals surface area contributed by atoms with Crippen molar-refractivity contribution in [2.45, 2.75) is 6.42 Å². The monoisotopic (exact) mass is 325 g/mol. The number of rotatable bonds is 5. The molecule has 0 amide bonds. The number of hydrogen-bond donors (Lipinski definition) is 3. The molecule has 7 heteroatoms. The third kappa shape index (κ3) is 3.35. The lowest BCUT2D eigenvalue weighted by Crippen LogP contribution is -2.04. The van der Waals surface area contributed by atoms with Crippen molar-refractivity contribution in [1.82, 2.24) is 9.97 Å². The lowest BCUT2D eigenvalue weighted by atomic mass is 10.1. The van der Waals surface area contributed by atoms with Gasteiger partial charge in [0.05, 0.1) is 30.1 Å². The number of carboxylic acids is 1. The molecule has 0 aliphatic carbocycles. The molecule has 2 aromatic carbocycles. The number of aromatic amines is 1. The number of methoxy groups -OCH3 is 1. The highest BCUT2D eigenvalue weighted by molar-refractivity contribution is 5.92. The zero-order valence-corrected chi connectivity index (χ0v) is 12.9. The maximum atomic E-state index is 11.2. The Balaban J connectivity index is 1.77. The van der Waals surface area contributed by atoms with E-state index in [0.29, 0.717) is 17.0 Å². The van der Waals surface area contributed by atoms with Gasteiger partial charge in [-0.1, -0.05) is 12.1 Å². The first-order valence-corrected chi connectivity index (χ1v) is 7.21. The van der Waals surface area contributed by atoms with E-state index in [9.17, 15) is 9.59 Å². The van der Waals surface area contributed by atoms with Crippen LogP contribution in [0.4, 0.5) is 11.6 Å². The molecule has 24 heavy (non-hydrogen) atoms. The predicted molar refractivity (Wildman–Crippen MR) is 88.5 cm³/mol. The first-order valence-electron chi connectivity index (χ1n) is 7.21. The summed E-state index contributed by atoms with van der Waals surface area (Å²) in [6, 6.07) is 12.0. The number of benzene rings is 2. The van der Waals surface area contributed by atoms with E-state index in [4.69, 9.17) is 5.11 Å². The van der Waals surface area contributed by atoms with Crippen LogP contribution in [0, 0.1) is 0 Å². The SMILES string of the molecule is COC(=O)Cc1ccc(Nc2nc3ccc(C(=O)O)cc3[nH]2)cc1. The van der Waals surface area contributed by atoms with E-state index in [1.807, 2.05) is 24.3 Å². The number of nitrogens with zero attached hydrogens (tertiary/aromatic N) is 1. The highest BCUT2D eigenvalue weighted by atomic mass is 16.5. The molecule has 1 heterocycles. The Morgan fingerprint density at radius 3 is 2.62 bits per heavy atom. The maximum absolute atomic E-state index is 11.2. The van der Waals surface area contributed by atoms with Gasteiger partial charge < -0.3 is 20.1 Å². The number of anilines is 2. The van der Waals surface area contributed by atoms with E-state index in [2.05, 4.69) is 20.0 Å². The number of fused-ring (bicyclic) bond motifs is 1. The Morgan fingerprint density at radius 2 is 1.96 bits per heavy atom. The summed E-state index contributed by atoms with van der Waals surface area (Å²) in [5, 5.41) is 12.1. The molecule has 0 fully saturated rings. The van der Waals surface area contributed by atoms with Crippen molar-refractivity contribution in [3.05, 3.63) is 53.6 Å². The van der Waals surface area contributed by atoms with Gasteiger partial charge in [-0.05, 0) is 35.9 Å². The van der Waals surface area contributed by atoms with Gasteiger partial charge in [0, 0.05) is 5.69 Å². The van der Waals surface area contributed by atoms with Crippen LogP contribution in [0.3, 0.4) is 0 Å². The molecular weight excluding hydrogens is 310 g/mol. The number of aromatic carboxylic acids is 1. The number of imidazole rings is 1. The van der Waals surface area contributed by atoms with Gasteiger partial charge in [-0.15, -0.1) is 0 Å². The second-order valence-electron chi connectivity index (χ2n) is 5.20. The third-order valence-corrected chi connectivity index (χ3v) is 3.52. The van der Waals surface area contributed by atoms with E-state index in [1.54, 1.807) is 6.07 Å². The number of hydrogen-bond acceptors (Lipinski definition) is 5. The minimum Gasteiger partial charge on any atom is -0.478 e. The van der Waals surface area contributed by atoms with Crippen molar-refractivity contribution < 1.29 is 19.4 Å². The number of carbonyl (C=O) groups is 2. The second-order valence-corrected chi connectivity index (χ2v) is 5.20. The molecule has 3 N–H and O–H groups in total. The van der Waals surface area contributed by atoms with Gasteiger partial charge in [-0.25, -0.2) is 9.78 Å². The average molecular weight is 325 g/mol. The minimum absolute atomic E-state index is 0.199. The Bertz CT molecular complexity index is 900. The van der Waals surface area contributed by atoms with Gasteiger partial charge in [-0.2, -0.15) is 0 Å². The number of carboxylic acid groups (broad SMARTS) is 1. The van der Waals surface area contributed by atoms with Crippen LogP contribution in [0.25, 0.3) is 11.0 Å². The number of nitrogens with one attached hydrogen (secondary N) is 2. The predicted octanol–water partition coefficient (Wildman–Crippen LogP) is 2.72. The Kier molecular flexibility index (Phi) is 4.15. The van der Waals surface area contributed by atoms with Crippen LogP contribution in [0.15, 0.2) is 42.5 Å². The second kappa shape index (κ2) is 6.41. The summed E-state index contributed by atoms with van der Waals surface area (Å²) in [6.45, 7) is 0. The molecular formula is C17H15N3O4. The zero-order valence-electron chi connectivity index (χ0n) is 12.9. The minimum atomic E-state index is -0.984. The number of H-pyrrole nitrogens is 1. The fourth-order valence-electron chi connectivity index (χ4n) is 2.28. The number of carbonyl (C=O) groups excluding carboxylic acids is 1. The summed E-state index contributed by atoms with van der Waals surface area (Å²) >= 11 is 0. The van der Waals surface area contributed by atoms with Crippen LogP contribution >= 0.6 is 0 Å². The molecule has 3 aromatic rings. The van der Waals surface area contributed by atoms with Gasteiger partial charge in [0.1, 0.15) is 0 Å². The van der Waals surface area contributed by atoms with Crippen LogP contribution in [-0.2, 0) is 16.0 Å². The Hall–Kier alpha value is -3.35. The molecule has 0 spiro atoms. The van der Waals surface area contributed by atoms with E-state index >= 15 is 0 Å². The quantitative estimate of drug-likeness (QED) is 0.623. The van der Waals surface area contributed by atoms with Crippen molar-refractivity contribution in [2.75, 3.05) is 12.4 Å². The standard InChI is InChI=1S/C17H15N3O4/c1-24-15(21)8-10-2-5-12(6-3-10)18-17-19-13-7-4-11(16(22)23)9-14(13)20-17/h2-7,9H,8H2,1H3,(H,22,23)(H2,18,19,20). The Morgan fingerprint density at radius 1 is 1.21 bits per heavy atom. The molecule has 0 aliphatic rings. The first-order chi connectivity index (χ1) is 11.5. The summed E-state index contributed by atoms with van der Waals surface area (Å²) in [5.41, 5.74) is 3.15. The summed E-state index contributed by atoms with van der Waals surface area (Å²) in [5.74, 6) is -0.766. The van der Waals surface area contributed by atoms with Crippen molar-refractivity contribution >= 4 is 34.6 Å². The van der Waals surface area contributed by atoms with Gasteiger partial charge in [0.2, 0.25) is 5.95 Å². The molecule has 122 valence electrons. The molecule has 0 aliphatic heterocycles. The molecule has 0 bridgehead atoms. The summed E-state index contributed by atoms with van der Waals surface area (Å²) in [6.07, 6.45) is 0.222. The van der Waals surface area contributed by atoms with Crippen LogP contribution in [0.1, 0.15) is 15.9 Å². The third-order valence-electron chi connectivity index (χ3n) is 3.52. The molecule has 0 saturated carbocycles. The largest absolute Gasteiger partial charge is 0.478 e. The van der Waals surface area contributed by atoms with E-state index in [0.717, 1.165) is 11.3 Å². The molecule has 0 unspecified atom stereocenters. The van der Waals surface area contributed by atoms with Crippen molar-refractivity contribution in [3.8, 4) is 0 Å². The van der Waals surface area contributed by atoms with Gasteiger partial charge in [0.25, 0.3) is 0 Å². The van der Waals surface area contributed by atoms with E-state index in [1.165, 1.54) is 19.2 Å². The number of aromatic nitrogens is 2. The smallest absolute Gasteiger partial charge is 0.335 e. The van der Waals surface area contributed by atoms with Crippen molar-refractivity contribution in [1.29, 1.82) is 0 Å². The average Bonchev–Trinajstić information content (AvgIpc) is 2.97. The maximum Gasteiger partial charge on any atom is 0.335 e. The zero-order chi connectivity index (χ0) is 17.1. The lowest BCUT2D eigenvalue weighted by Gasteiger charge is -2.04.